The lowest BCUT2D eigenvalue weighted by Crippen LogP contribution is -2.52. The molecule has 9 nitrogen and oxygen atoms in total. The van der Waals surface area contributed by atoms with Gasteiger partial charge in [-0.25, -0.2) is 4.99 Å². The van der Waals surface area contributed by atoms with Gasteiger partial charge < -0.3 is 34.7 Å². The molecule has 0 aromatic heterocycles. The standard InChI is InChI=1S/C21H36N4O5/c1-6-22-20(24-14-21(2,26)15-25-7-9-30-10-8-25)23-13-16-11-18(28-4)19(29-5)12-17(16)27-3/h11-12,26H,6-10,13-15H2,1-5H3,(H2,22,23,24). The van der Waals surface area contributed by atoms with Crippen molar-refractivity contribution in [3.8, 4) is 17.2 Å². The monoisotopic (exact) mass is 424 g/mol. The van der Waals surface area contributed by atoms with E-state index in [1.807, 2.05) is 19.9 Å². The van der Waals surface area contributed by atoms with Crippen LogP contribution in [0.4, 0.5) is 0 Å². The van der Waals surface area contributed by atoms with Gasteiger partial charge in [0.15, 0.2) is 17.5 Å². The van der Waals surface area contributed by atoms with Gasteiger partial charge in [-0.05, 0) is 19.9 Å². The molecule has 1 aromatic rings. The van der Waals surface area contributed by atoms with E-state index in [1.165, 1.54) is 0 Å². The Bertz CT molecular complexity index is 690. The van der Waals surface area contributed by atoms with E-state index in [0.29, 0.717) is 62.6 Å². The quantitative estimate of drug-likeness (QED) is 0.376. The third-order valence-corrected chi connectivity index (χ3v) is 4.84. The number of rotatable bonds is 10. The molecule has 1 aliphatic rings. The molecule has 1 saturated heterocycles. The number of methoxy groups -OCH3 is 3. The third kappa shape index (κ3) is 7.23. The molecule has 1 atom stereocenters. The second kappa shape index (κ2) is 11.8. The van der Waals surface area contributed by atoms with Gasteiger partial charge in [-0.3, -0.25) is 4.90 Å². The molecule has 1 heterocycles. The number of morpholine rings is 1. The van der Waals surface area contributed by atoms with Crippen molar-refractivity contribution in [2.24, 2.45) is 4.99 Å². The molecule has 170 valence electrons. The van der Waals surface area contributed by atoms with Crippen molar-refractivity contribution in [1.82, 2.24) is 15.5 Å². The molecule has 1 unspecified atom stereocenters. The molecule has 1 fully saturated rings. The van der Waals surface area contributed by atoms with Gasteiger partial charge in [0.1, 0.15) is 5.75 Å². The van der Waals surface area contributed by atoms with Crippen molar-refractivity contribution in [2.45, 2.75) is 26.0 Å². The number of benzene rings is 1. The van der Waals surface area contributed by atoms with E-state index in [2.05, 4.69) is 20.5 Å². The molecule has 3 N–H and O–H groups in total. The predicted octanol–water partition coefficient (Wildman–Crippen LogP) is 0.851. The SMILES string of the molecule is CCNC(=NCc1cc(OC)c(OC)cc1OC)NCC(C)(O)CN1CCOCC1. The van der Waals surface area contributed by atoms with Crippen molar-refractivity contribution in [3.05, 3.63) is 17.7 Å². The second-order valence-electron chi connectivity index (χ2n) is 7.45. The molecule has 0 radical (unpaired) electrons. The van der Waals surface area contributed by atoms with E-state index >= 15 is 0 Å². The van der Waals surface area contributed by atoms with Crippen LogP contribution >= 0.6 is 0 Å². The second-order valence-corrected chi connectivity index (χ2v) is 7.45. The number of nitrogens with zero attached hydrogens (tertiary/aromatic N) is 2. The number of β-amino-alcohol motifs (C(OH)–C–C–N with tert-alkyl or cyclic N) is 1. The molecule has 2 rings (SSSR count). The summed E-state index contributed by atoms with van der Waals surface area (Å²) in [5.74, 6) is 2.52. The lowest BCUT2D eigenvalue weighted by Gasteiger charge is -2.34. The summed E-state index contributed by atoms with van der Waals surface area (Å²) in [5.41, 5.74) is -0.0263. The fourth-order valence-electron chi connectivity index (χ4n) is 3.29. The Morgan fingerprint density at radius 2 is 1.73 bits per heavy atom. The molecule has 1 aliphatic heterocycles. The summed E-state index contributed by atoms with van der Waals surface area (Å²) in [7, 11) is 4.80. The van der Waals surface area contributed by atoms with Gasteiger partial charge in [0.05, 0.1) is 46.7 Å². The van der Waals surface area contributed by atoms with Gasteiger partial charge in [0, 0.05) is 44.4 Å². The fraction of sp³-hybridized carbons (Fsp3) is 0.667. The molecular weight excluding hydrogens is 388 g/mol. The largest absolute Gasteiger partial charge is 0.496 e. The van der Waals surface area contributed by atoms with E-state index < -0.39 is 5.60 Å². The minimum atomic E-state index is -0.894. The predicted molar refractivity (Wildman–Crippen MR) is 117 cm³/mol. The van der Waals surface area contributed by atoms with Crippen LogP contribution in [0.25, 0.3) is 0 Å². The van der Waals surface area contributed by atoms with Crippen molar-refractivity contribution >= 4 is 5.96 Å². The van der Waals surface area contributed by atoms with Gasteiger partial charge in [-0.15, -0.1) is 0 Å². The highest BCUT2D eigenvalue weighted by Gasteiger charge is 2.25. The lowest BCUT2D eigenvalue weighted by molar-refractivity contribution is -0.0201. The third-order valence-electron chi connectivity index (χ3n) is 4.84. The molecule has 0 bridgehead atoms. The highest BCUT2D eigenvalue weighted by Crippen LogP contribution is 2.34. The van der Waals surface area contributed by atoms with Crippen LogP contribution in [0.15, 0.2) is 17.1 Å². The van der Waals surface area contributed by atoms with Crippen LogP contribution in [-0.2, 0) is 11.3 Å². The molecule has 0 saturated carbocycles. The molecular formula is C21H36N4O5. The van der Waals surface area contributed by atoms with Crippen LogP contribution < -0.4 is 24.8 Å². The summed E-state index contributed by atoms with van der Waals surface area (Å²) >= 11 is 0. The Morgan fingerprint density at radius 3 is 2.33 bits per heavy atom. The highest BCUT2D eigenvalue weighted by molar-refractivity contribution is 5.79. The number of hydrogen-bond acceptors (Lipinski definition) is 7. The minimum Gasteiger partial charge on any atom is -0.496 e. The number of aliphatic imine (C=N–C) groups is 1. The average Bonchev–Trinajstić information content (AvgIpc) is 2.75. The molecule has 0 spiro atoms. The summed E-state index contributed by atoms with van der Waals surface area (Å²) in [5, 5.41) is 17.3. The lowest BCUT2D eigenvalue weighted by atomic mass is 10.1. The summed E-state index contributed by atoms with van der Waals surface area (Å²) in [6.07, 6.45) is 0. The Balaban J connectivity index is 2.04. The fourth-order valence-corrected chi connectivity index (χ4v) is 3.29. The van der Waals surface area contributed by atoms with E-state index in [4.69, 9.17) is 18.9 Å². The number of hydrogen-bond donors (Lipinski definition) is 3. The first kappa shape index (κ1) is 24.0. The minimum absolute atomic E-state index is 0.374. The maximum atomic E-state index is 10.8. The first-order chi connectivity index (χ1) is 14.4. The Kier molecular flexibility index (Phi) is 9.48. The van der Waals surface area contributed by atoms with Crippen molar-refractivity contribution in [2.75, 3.05) is 67.3 Å². The summed E-state index contributed by atoms with van der Waals surface area (Å²) < 4.78 is 21.6. The average molecular weight is 425 g/mol. The van der Waals surface area contributed by atoms with Crippen molar-refractivity contribution in [3.63, 3.8) is 0 Å². The first-order valence-electron chi connectivity index (χ1n) is 10.3. The van der Waals surface area contributed by atoms with Gasteiger partial charge in [0.25, 0.3) is 0 Å². The summed E-state index contributed by atoms with van der Waals surface area (Å²) in [6.45, 7) is 8.96. The van der Waals surface area contributed by atoms with Crippen LogP contribution in [-0.4, -0.2) is 88.8 Å². The van der Waals surface area contributed by atoms with Crippen molar-refractivity contribution < 1.29 is 24.1 Å². The van der Waals surface area contributed by atoms with Crippen LogP contribution in [0.3, 0.4) is 0 Å². The van der Waals surface area contributed by atoms with E-state index in [-0.39, 0.29) is 0 Å². The zero-order chi connectivity index (χ0) is 22.0. The van der Waals surface area contributed by atoms with Crippen LogP contribution in [0.5, 0.6) is 17.2 Å². The number of ether oxygens (including phenoxy) is 4. The molecule has 1 aromatic carbocycles. The molecule has 9 heteroatoms. The molecule has 0 amide bonds. The summed E-state index contributed by atoms with van der Waals surface area (Å²) in [6, 6.07) is 3.65. The molecule has 30 heavy (non-hydrogen) atoms. The smallest absolute Gasteiger partial charge is 0.191 e. The zero-order valence-electron chi connectivity index (χ0n) is 18.8. The Morgan fingerprint density at radius 1 is 1.10 bits per heavy atom. The van der Waals surface area contributed by atoms with Crippen molar-refractivity contribution in [1.29, 1.82) is 0 Å². The van der Waals surface area contributed by atoms with Crippen LogP contribution in [0, 0.1) is 0 Å². The van der Waals surface area contributed by atoms with E-state index in [1.54, 1.807) is 27.4 Å². The van der Waals surface area contributed by atoms with Crippen LogP contribution in [0.1, 0.15) is 19.4 Å². The number of guanidine groups is 1. The van der Waals surface area contributed by atoms with E-state index in [9.17, 15) is 5.11 Å². The van der Waals surface area contributed by atoms with Crippen LogP contribution in [0.2, 0.25) is 0 Å². The maximum Gasteiger partial charge on any atom is 0.191 e. The normalized spacial score (nSPS) is 17.2. The van der Waals surface area contributed by atoms with E-state index in [0.717, 1.165) is 18.7 Å². The Labute approximate surface area is 179 Å². The maximum absolute atomic E-state index is 10.8. The molecule has 0 aliphatic carbocycles. The Hall–Kier alpha value is -2.23. The zero-order valence-corrected chi connectivity index (χ0v) is 18.8. The number of aliphatic hydroxyl groups is 1. The highest BCUT2D eigenvalue weighted by atomic mass is 16.5. The first-order valence-corrected chi connectivity index (χ1v) is 10.3. The number of nitrogens with one attached hydrogen (secondary N) is 2. The van der Waals surface area contributed by atoms with Gasteiger partial charge >= 0.3 is 0 Å². The topological polar surface area (TPSA) is 96.8 Å². The van der Waals surface area contributed by atoms with Gasteiger partial charge in [-0.2, -0.15) is 0 Å². The summed E-state index contributed by atoms with van der Waals surface area (Å²) in [4.78, 5) is 6.86. The van der Waals surface area contributed by atoms with Gasteiger partial charge in [-0.1, -0.05) is 0 Å². The van der Waals surface area contributed by atoms with Gasteiger partial charge in [0.2, 0.25) is 0 Å².